The van der Waals surface area contributed by atoms with Crippen molar-refractivity contribution < 1.29 is 9.47 Å². The van der Waals surface area contributed by atoms with E-state index in [1.807, 2.05) is 7.05 Å². The highest BCUT2D eigenvalue weighted by atomic mass is 16.5. The highest BCUT2D eigenvalue weighted by molar-refractivity contribution is 5.79. The molecule has 146 valence electrons. The van der Waals surface area contributed by atoms with E-state index in [2.05, 4.69) is 53.7 Å². The third-order valence-electron chi connectivity index (χ3n) is 5.22. The monoisotopic (exact) mass is 361 g/mol. The number of methoxy groups -OCH3 is 1. The SMILES string of the molecule is CN=C(NCCCc1ccc(C(C)C)cc1)NCC1(OC)CCOCC1. The van der Waals surface area contributed by atoms with Gasteiger partial charge in [0.25, 0.3) is 0 Å². The van der Waals surface area contributed by atoms with Gasteiger partial charge in [0.15, 0.2) is 5.96 Å². The van der Waals surface area contributed by atoms with Crippen LogP contribution in [-0.4, -0.2) is 52.0 Å². The molecule has 0 aromatic heterocycles. The first-order valence-electron chi connectivity index (χ1n) is 9.75. The van der Waals surface area contributed by atoms with E-state index in [-0.39, 0.29) is 5.60 Å². The maximum atomic E-state index is 5.76. The number of rotatable bonds is 8. The summed E-state index contributed by atoms with van der Waals surface area (Å²) in [5.74, 6) is 1.43. The van der Waals surface area contributed by atoms with Crippen molar-refractivity contribution in [3.63, 3.8) is 0 Å². The average Bonchev–Trinajstić information content (AvgIpc) is 2.68. The lowest BCUT2D eigenvalue weighted by atomic mass is 9.94. The molecule has 0 radical (unpaired) electrons. The molecule has 26 heavy (non-hydrogen) atoms. The van der Waals surface area contributed by atoms with E-state index in [1.165, 1.54) is 11.1 Å². The van der Waals surface area contributed by atoms with Gasteiger partial charge in [-0.3, -0.25) is 4.99 Å². The summed E-state index contributed by atoms with van der Waals surface area (Å²) >= 11 is 0. The molecule has 0 amide bonds. The fourth-order valence-electron chi connectivity index (χ4n) is 3.23. The zero-order chi connectivity index (χ0) is 18.8. The molecule has 5 heteroatoms. The first-order chi connectivity index (χ1) is 12.6. The normalized spacial score (nSPS) is 17.3. The van der Waals surface area contributed by atoms with Gasteiger partial charge in [0.1, 0.15) is 0 Å². The van der Waals surface area contributed by atoms with Crippen LogP contribution in [0.2, 0.25) is 0 Å². The van der Waals surface area contributed by atoms with E-state index >= 15 is 0 Å². The Hall–Kier alpha value is -1.59. The molecule has 0 bridgehead atoms. The molecule has 0 atom stereocenters. The Labute approximate surface area is 158 Å². The summed E-state index contributed by atoms with van der Waals surface area (Å²) in [5, 5.41) is 6.81. The van der Waals surface area contributed by atoms with Crippen molar-refractivity contribution in [1.82, 2.24) is 10.6 Å². The number of hydrogen-bond acceptors (Lipinski definition) is 3. The van der Waals surface area contributed by atoms with Crippen molar-refractivity contribution in [2.45, 2.75) is 51.0 Å². The van der Waals surface area contributed by atoms with E-state index in [0.29, 0.717) is 5.92 Å². The molecule has 1 aliphatic heterocycles. The number of nitrogens with one attached hydrogen (secondary N) is 2. The highest BCUT2D eigenvalue weighted by Gasteiger charge is 2.32. The molecule has 1 aromatic rings. The van der Waals surface area contributed by atoms with Crippen molar-refractivity contribution in [3.05, 3.63) is 35.4 Å². The fourth-order valence-corrected chi connectivity index (χ4v) is 3.23. The van der Waals surface area contributed by atoms with Crippen LogP contribution in [-0.2, 0) is 15.9 Å². The second-order valence-electron chi connectivity index (χ2n) is 7.35. The second-order valence-corrected chi connectivity index (χ2v) is 7.35. The van der Waals surface area contributed by atoms with E-state index in [9.17, 15) is 0 Å². The summed E-state index contributed by atoms with van der Waals surface area (Å²) < 4.78 is 11.2. The molecule has 0 saturated carbocycles. The zero-order valence-electron chi connectivity index (χ0n) is 16.8. The molecular formula is C21H35N3O2. The minimum atomic E-state index is -0.145. The molecular weight excluding hydrogens is 326 g/mol. The Balaban J connectivity index is 1.70. The number of aliphatic imine (C=N–C) groups is 1. The van der Waals surface area contributed by atoms with Crippen molar-refractivity contribution in [1.29, 1.82) is 0 Å². The van der Waals surface area contributed by atoms with Gasteiger partial charge < -0.3 is 20.1 Å². The van der Waals surface area contributed by atoms with Gasteiger partial charge in [-0.05, 0) is 29.9 Å². The summed E-state index contributed by atoms with van der Waals surface area (Å²) in [6, 6.07) is 8.98. The lowest BCUT2D eigenvalue weighted by Crippen LogP contribution is -2.50. The van der Waals surface area contributed by atoms with Gasteiger partial charge in [0.2, 0.25) is 0 Å². The second kappa shape index (κ2) is 10.5. The van der Waals surface area contributed by atoms with Crippen LogP contribution in [0, 0.1) is 0 Å². The average molecular weight is 362 g/mol. The van der Waals surface area contributed by atoms with Gasteiger partial charge in [0, 0.05) is 53.3 Å². The van der Waals surface area contributed by atoms with Gasteiger partial charge in [-0.25, -0.2) is 0 Å². The molecule has 5 nitrogen and oxygen atoms in total. The molecule has 1 saturated heterocycles. The van der Waals surface area contributed by atoms with Crippen LogP contribution < -0.4 is 10.6 Å². The Morgan fingerprint density at radius 2 is 1.88 bits per heavy atom. The molecule has 1 heterocycles. The van der Waals surface area contributed by atoms with Gasteiger partial charge >= 0.3 is 0 Å². The standard InChI is InChI=1S/C21H35N3O2/c1-17(2)19-9-7-18(8-10-19)6-5-13-23-20(22-3)24-16-21(25-4)11-14-26-15-12-21/h7-10,17H,5-6,11-16H2,1-4H3,(H2,22,23,24). The maximum absolute atomic E-state index is 5.76. The quantitative estimate of drug-likeness (QED) is 0.424. The lowest BCUT2D eigenvalue weighted by molar-refractivity contribution is -0.0855. The predicted molar refractivity (Wildman–Crippen MR) is 108 cm³/mol. The van der Waals surface area contributed by atoms with E-state index in [1.54, 1.807) is 7.11 Å². The van der Waals surface area contributed by atoms with Crippen LogP contribution in [0.4, 0.5) is 0 Å². The highest BCUT2D eigenvalue weighted by Crippen LogP contribution is 2.23. The molecule has 0 aliphatic carbocycles. The van der Waals surface area contributed by atoms with Gasteiger partial charge in [-0.15, -0.1) is 0 Å². The fraction of sp³-hybridized carbons (Fsp3) is 0.667. The zero-order valence-corrected chi connectivity index (χ0v) is 16.8. The summed E-state index contributed by atoms with van der Waals surface area (Å²) in [6.07, 6.45) is 3.98. The van der Waals surface area contributed by atoms with Crippen molar-refractivity contribution in [3.8, 4) is 0 Å². The van der Waals surface area contributed by atoms with E-state index < -0.39 is 0 Å². The molecule has 0 unspecified atom stereocenters. The lowest BCUT2D eigenvalue weighted by Gasteiger charge is -2.36. The number of nitrogens with zero attached hydrogens (tertiary/aromatic N) is 1. The van der Waals surface area contributed by atoms with Crippen molar-refractivity contribution >= 4 is 5.96 Å². The molecule has 2 N–H and O–H groups in total. The predicted octanol–water partition coefficient (Wildman–Crippen LogP) is 3.10. The Bertz CT molecular complexity index is 549. The van der Waals surface area contributed by atoms with Crippen molar-refractivity contribution in [2.75, 3.05) is 40.5 Å². The molecule has 0 spiro atoms. The van der Waals surface area contributed by atoms with E-state index in [0.717, 1.165) is 57.9 Å². The van der Waals surface area contributed by atoms with Crippen LogP contribution in [0.3, 0.4) is 0 Å². The minimum absolute atomic E-state index is 0.145. The molecule has 2 rings (SSSR count). The number of benzene rings is 1. The van der Waals surface area contributed by atoms with Crippen LogP contribution in [0.15, 0.2) is 29.3 Å². The van der Waals surface area contributed by atoms with Gasteiger partial charge in [-0.1, -0.05) is 38.1 Å². The Morgan fingerprint density at radius 1 is 1.19 bits per heavy atom. The molecule has 1 aromatic carbocycles. The summed E-state index contributed by atoms with van der Waals surface area (Å²) in [4.78, 5) is 4.32. The topological polar surface area (TPSA) is 54.9 Å². The number of guanidine groups is 1. The van der Waals surface area contributed by atoms with Crippen molar-refractivity contribution in [2.24, 2.45) is 4.99 Å². The Kier molecular flexibility index (Phi) is 8.39. The number of ether oxygens (including phenoxy) is 2. The third kappa shape index (κ3) is 6.29. The van der Waals surface area contributed by atoms with E-state index in [4.69, 9.17) is 9.47 Å². The van der Waals surface area contributed by atoms with Crippen LogP contribution in [0.5, 0.6) is 0 Å². The van der Waals surface area contributed by atoms with Crippen LogP contribution in [0.25, 0.3) is 0 Å². The summed E-state index contributed by atoms with van der Waals surface area (Å²) in [5.41, 5.74) is 2.64. The smallest absolute Gasteiger partial charge is 0.191 e. The third-order valence-corrected chi connectivity index (χ3v) is 5.22. The van der Waals surface area contributed by atoms with Gasteiger partial charge in [-0.2, -0.15) is 0 Å². The minimum Gasteiger partial charge on any atom is -0.381 e. The summed E-state index contributed by atoms with van der Waals surface area (Å²) in [7, 11) is 3.59. The number of hydrogen-bond donors (Lipinski definition) is 2. The number of aryl methyl sites for hydroxylation is 1. The summed E-state index contributed by atoms with van der Waals surface area (Å²) in [6.45, 7) is 7.63. The first-order valence-corrected chi connectivity index (χ1v) is 9.75. The van der Waals surface area contributed by atoms with Crippen LogP contribution >= 0.6 is 0 Å². The maximum Gasteiger partial charge on any atom is 0.191 e. The molecule has 1 aliphatic rings. The first kappa shape index (κ1) is 20.7. The molecule has 1 fully saturated rings. The Morgan fingerprint density at radius 3 is 2.46 bits per heavy atom. The largest absolute Gasteiger partial charge is 0.381 e. The van der Waals surface area contributed by atoms with Crippen LogP contribution in [0.1, 0.15) is 50.2 Å². The van der Waals surface area contributed by atoms with Gasteiger partial charge in [0.05, 0.1) is 5.60 Å².